The van der Waals surface area contributed by atoms with Crippen molar-refractivity contribution in [3.8, 4) is 0 Å². The third-order valence-corrected chi connectivity index (χ3v) is 2.73. The Balaban J connectivity index is 2.96. The van der Waals surface area contributed by atoms with Crippen LogP contribution in [0.3, 0.4) is 0 Å². The number of rotatable bonds is 4. The number of hydrogen-bond donors (Lipinski definition) is 1. The first-order valence-corrected chi connectivity index (χ1v) is 6.01. The molecule has 0 unspecified atom stereocenters. The largest absolute Gasteiger partial charge is 0.310 e. The molecular weight excluding hydrogens is 200 g/mol. The first kappa shape index (κ1) is 12.9. The number of hydrogen-bond acceptors (Lipinski definition) is 2. The summed E-state index contributed by atoms with van der Waals surface area (Å²) in [7, 11) is 0. The summed E-state index contributed by atoms with van der Waals surface area (Å²) in [5, 5.41) is 0. The minimum absolute atomic E-state index is 0.0289. The van der Waals surface area contributed by atoms with Gasteiger partial charge in [-0.3, -0.25) is 4.79 Å². The van der Waals surface area contributed by atoms with Gasteiger partial charge in [0, 0.05) is 17.7 Å². The van der Waals surface area contributed by atoms with Crippen LogP contribution in [0, 0.1) is 12.8 Å². The summed E-state index contributed by atoms with van der Waals surface area (Å²) in [5.41, 5.74) is 1.71. The second-order valence-electron chi connectivity index (χ2n) is 5.10. The van der Waals surface area contributed by atoms with Crippen molar-refractivity contribution in [2.24, 2.45) is 5.92 Å². The summed E-state index contributed by atoms with van der Waals surface area (Å²) in [5.74, 6) is 1.69. The van der Waals surface area contributed by atoms with Gasteiger partial charge in [-0.05, 0) is 25.2 Å². The van der Waals surface area contributed by atoms with Gasteiger partial charge in [0.1, 0.15) is 5.82 Å². The Morgan fingerprint density at radius 1 is 1.25 bits per heavy atom. The average molecular weight is 222 g/mol. The SMILES string of the molecule is Cc1nc(CCC(C)C)[nH]c(=O)c1C(C)C. The lowest BCUT2D eigenvalue weighted by atomic mass is 10.0. The maximum Gasteiger partial charge on any atom is 0.254 e. The second-order valence-corrected chi connectivity index (χ2v) is 5.10. The zero-order chi connectivity index (χ0) is 12.3. The Kier molecular flexibility index (Phi) is 4.27. The normalized spacial score (nSPS) is 11.4. The molecule has 0 saturated heterocycles. The van der Waals surface area contributed by atoms with Crippen LogP contribution in [-0.2, 0) is 6.42 Å². The van der Waals surface area contributed by atoms with Crippen LogP contribution in [0.25, 0.3) is 0 Å². The molecule has 0 radical (unpaired) electrons. The molecule has 1 heterocycles. The highest BCUT2D eigenvalue weighted by molar-refractivity contribution is 5.20. The number of aromatic amines is 1. The van der Waals surface area contributed by atoms with Gasteiger partial charge in [0.05, 0.1) is 0 Å². The fourth-order valence-corrected chi connectivity index (χ4v) is 1.88. The molecule has 1 N–H and O–H groups in total. The summed E-state index contributed by atoms with van der Waals surface area (Å²) in [4.78, 5) is 19.2. The van der Waals surface area contributed by atoms with E-state index >= 15 is 0 Å². The van der Waals surface area contributed by atoms with Gasteiger partial charge in [0.25, 0.3) is 5.56 Å². The lowest BCUT2D eigenvalue weighted by molar-refractivity contribution is 0.571. The molecule has 1 aromatic rings. The van der Waals surface area contributed by atoms with Gasteiger partial charge >= 0.3 is 0 Å². The number of nitrogens with zero attached hydrogens (tertiary/aromatic N) is 1. The van der Waals surface area contributed by atoms with Gasteiger partial charge < -0.3 is 4.98 Å². The summed E-state index contributed by atoms with van der Waals surface area (Å²) >= 11 is 0. The van der Waals surface area contributed by atoms with Crippen LogP contribution in [0.1, 0.15) is 57.1 Å². The lowest BCUT2D eigenvalue weighted by Crippen LogP contribution is -2.20. The smallest absolute Gasteiger partial charge is 0.254 e. The Bertz CT molecular complexity index is 405. The Labute approximate surface area is 97.3 Å². The van der Waals surface area contributed by atoms with Crippen molar-refractivity contribution in [2.45, 2.75) is 53.4 Å². The molecule has 0 saturated carbocycles. The number of aromatic nitrogens is 2. The van der Waals surface area contributed by atoms with Crippen LogP contribution in [0.4, 0.5) is 0 Å². The quantitative estimate of drug-likeness (QED) is 0.851. The third kappa shape index (κ3) is 3.19. The van der Waals surface area contributed by atoms with E-state index in [0.717, 1.165) is 29.9 Å². The monoisotopic (exact) mass is 222 g/mol. The zero-order valence-electron chi connectivity index (χ0n) is 10.9. The Morgan fingerprint density at radius 3 is 2.31 bits per heavy atom. The maximum absolute atomic E-state index is 11.9. The molecule has 0 aromatic carbocycles. The van der Waals surface area contributed by atoms with E-state index < -0.39 is 0 Å². The molecule has 0 bridgehead atoms. The van der Waals surface area contributed by atoms with E-state index in [-0.39, 0.29) is 11.5 Å². The molecule has 0 aliphatic rings. The van der Waals surface area contributed by atoms with E-state index in [1.165, 1.54) is 0 Å². The molecule has 0 amide bonds. The lowest BCUT2D eigenvalue weighted by Gasteiger charge is -2.10. The number of nitrogens with one attached hydrogen (secondary N) is 1. The highest BCUT2D eigenvalue weighted by atomic mass is 16.1. The fraction of sp³-hybridized carbons (Fsp3) is 0.692. The standard InChI is InChI=1S/C13H22N2O/c1-8(2)6-7-11-14-10(5)12(9(3)4)13(16)15-11/h8-9H,6-7H2,1-5H3,(H,14,15,16). The third-order valence-electron chi connectivity index (χ3n) is 2.73. The van der Waals surface area contributed by atoms with Crippen molar-refractivity contribution < 1.29 is 0 Å². The highest BCUT2D eigenvalue weighted by Crippen LogP contribution is 2.13. The minimum atomic E-state index is 0.0289. The first-order chi connectivity index (χ1) is 7.41. The second kappa shape index (κ2) is 5.28. The minimum Gasteiger partial charge on any atom is -0.310 e. The van der Waals surface area contributed by atoms with E-state index in [1.54, 1.807) is 0 Å². The van der Waals surface area contributed by atoms with Gasteiger partial charge in [-0.25, -0.2) is 4.98 Å². The molecule has 90 valence electrons. The van der Waals surface area contributed by atoms with Gasteiger partial charge in [0.2, 0.25) is 0 Å². The predicted octanol–water partition coefficient (Wildman–Crippen LogP) is 2.79. The molecule has 0 aliphatic heterocycles. The molecule has 0 spiro atoms. The molecule has 1 aromatic heterocycles. The summed E-state index contributed by atoms with van der Waals surface area (Å²) < 4.78 is 0. The number of aryl methyl sites for hydroxylation is 2. The van der Waals surface area contributed by atoms with E-state index in [4.69, 9.17) is 0 Å². The zero-order valence-corrected chi connectivity index (χ0v) is 10.9. The highest BCUT2D eigenvalue weighted by Gasteiger charge is 2.11. The van der Waals surface area contributed by atoms with Crippen molar-refractivity contribution in [1.29, 1.82) is 0 Å². The Hall–Kier alpha value is -1.12. The van der Waals surface area contributed by atoms with Crippen molar-refractivity contribution in [1.82, 2.24) is 9.97 Å². The van der Waals surface area contributed by atoms with Crippen molar-refractivity contribution >= 4 is 0 Å². The van der Waals surface area contributed by atoms with Crippen LogP contribution in [-0.4, -0.2) is 9.97 Å². The molecule has 0 atom stereocenters. The van der Waals surface area contributed by atoms with Gasteiger partial charge in [0.15, 0.2) is 0 Å². The molecule has 1 rings (SSSR count). The van der Waals surface area contributed by atoms with Gasteiger partial charge in [-0.2, -0.15) is 0 Å². The predicted molar refractivity (Wildman–Crippen MR) is 66.8 cm³/mol. The fourth-order valence-electron chi connectivity index (χ4n) is 1.88. The topological polar surface area (TPSA) is 45.8 Å². The van der Waals surface area contributed by atoms with Crippen LogP contribution in [0.5, 0.6) is 0 Å². The summed E-state index contributed by atoms with van der Waals surface area (Å²) in [6.07, 6.45) is 1.91. The summed E-state index contributed by atoms with van der Waals surface area (Å²) in [6, 6.07) is 0. The van der Waals surface area contributed by atoms with Crippen molar-refractivity contribution in [2.75, 3.05) is 0 Å². The average Bonchev–Trinajstić information content (AvgIpc) is 2.12. The van der Waals surface area contributed by atoms with E-state index in [0.29, 0.717) is 5.92 Å². The van der Waals surface area contributed by atoms with E-state index in [9.17, 15) is 4.79 Å². The van der Waals surface area contributed by atoms with E-state index in [1.807, 2.05) is 20.8 Å². The first-order valence-electron chi connectivity index (χ1n) is 6.01. The molecule has 3 heteroatoms. The van der Waals surface area contributed by atoms with Crippen LogP contribution in [0.15, 0.2) is 4.79 Å². The molecule has 0 aliphatic carbocycles. The number of H-pyrrole nitrogens is 1. The Morgan fingerprint density at radius 2 is 1.88 bits per heavy atom. The van der Waals surface area contributed by atoms with Crippen molar-refractivity contribution in [3.63, 3.8) is 0 Å². The van der Waals surface area contributed by atoms with E-state index in [2.05, 4.69) is 23.8 Å². The molecule has 3 nitrogen and oxygen atoms in total. The molecule has 16 heavy (non-hydrogen) atoms. The van der Waals surface area contributed by atoms with Crippen LogP contribution < -0.4 is 5.56 Å². The van der Waals surface area contributed by atoms with Crippen LogP contribution >= 0.6 is 0 Å². The van der Waals surface area contributed by atoms with Crippen LogP contribution in [0.2, 0.25) is 0 Å². The van der Waals surface area contributed by atoms with Crippen molar-refractivity contribution in [3.05, 3.63) is 27.4 Å². The van der Waals surface area contributed by atoms with Gasteiger partial charge in [-0.1, -0.05) is 27.7 Å². The van der Waals surface area contributed by atoms with Gasteiger partial charge in [-0.15, -0.1) is 0 Å². The summed E-state index contributed by atoms with van der Waals surface area (Å²) in [6.45, 7) is 10.3. The molecule has 0 fully saturated rings. The molecular formula is C13H22N2O. The maximum atomic E-state index is 11.9.